The van der Waals surface area contributed by atoms with Crippen LogP contribution in [0.25, 0.3) is 11.3 Å². The van der Waals surface area contributed by atoms with Crippen LogP contribution in [0.1, 0.15) is 13.8 Å². The zero-order valence-electron chi connectivity index (χ0n) is 9.24. The number of ether oxygens (including phenoxy) is 1. The lowest BCUT2D eigenvalue weighted by atomic mass is 10.1. The van der Waals surface area contributed by atoms with Crippen molar-refractivity contribution in [1.82, 2.24) is 0 Å². The van der Waals surface area contributed by atoms with E-state index in [0.717, 1.165) is 0 Å². The van der Waals surface area contributed by atoms with Crippen molar-refractivity contribution in [2.75, 3.05) is 0 Å². The second-order valence-corrected chi connectivity index (χ2v) is 3.76. The van der Waals surface area contributed by atoms with Crippen molar-refractivity contribution < 1.29 is 13.5 Å². The first-order valence-electron chi connectivity index (χ1n) is 5.17. The molecule has 84 valence electrons. The maximum absolute atomic E-state index is 13.6. The summed E-state index contributed by atoms with van der Waals surface area (Å²) in [7, 11) is 0. The Balaban J connectivity index is 2.48. The Morgan fingerprint density at radius 2 is 2.00 bits per heavy atom. The first-order chi connectivity index (χ1) is 7.68. The van der Waals surface area contributed by atoms with Gasteiger partial charge in [-0.2, -0.15) is 0 Å². The highest BCUT2D eigenvalue weighted by Crippen LogP contribution is 2.33. The molecule has 0 N–H and O–H groups in total. The largest absolute Gasteiger partial charge is 0.487 e. The molecule has 1 aromatic carbocycles. The third-order valence-corrected chi connectivity index (χ3v) is 2.11. The van der Waals surface area contributed by atoms with Gasteiger partial charge in [-0.3, -0.25) is 0 Å². The molecule has 16 heavy (non-hydrogen) atoms. The first kappa shape index (κ1) is 10.7. The van der Waals surface area contributed by atoms with Gasteiger partial charge in [0.25, 0.3) is 0 Å². The third-order valence-electron chi connectivity index (χ3n) is 2.11. The normalized spacial score (nSPS) is 10.8. The number of benzene rings is 1. The molecule has 2 rings (SSSR count). The van der Waals surface area contributed by atoms with E-state index >= 15 is 0 Å². The quantitative estimate of drug-likeness (QED) is 0.783. The van der Waals surface area contributed by atoms with Gasteiger partial charge in [-0.25, -0.2) is 4.39 Å². The summed E-state index contributed by atoms with van der Waals surface area (Å²) in [5, 5.41) is 0. The lowest BCUT2D eigenvalue weighted by Gasteiger charge is -2.13. The second-order valence-electron chi connectivity index (χ2n) is 3.76. The van der Waals surface area contributed by atoms with Crippen LogP contribution in [-0.2, 0) is 0 Å². The van der Waals surface area contributed by atoms with Gasteiger partial charge in [-0.15, -0.1) is 0 Å². The fourth-order valence-electron chi connectivity index (χ4n) is 1.49. The predicted molar refractivity (Wildman–Crippen MR) is 59.9 cm³/mol. The minimum absolute atomic E-state index is 0.0781. The van der Waals surface area contributed by atoms with Crippen LogP contribution in [-0.4, -0.2) is 6.10 Å². The van der Waals surface area contributed by atoms with Crippen LogP contribution in [0, 0.1) is 5.82 Å². The van der Waals surface area contributed by atoms with E-state index in [-0.39, 0.29) is 17.7 Å². The molecule has 0 amide bonds. The molecule has 0 atom stereocenters. The van der Waals surface area contributed by atoms with E-state index in [1.54, 1.807) is 30.5 Å². The number of rotatable bonds is 3. The molecular formula is C13H13FO2. The molecular weight excluding hydrogens is 207 g/mol. The van der Waals surface area contributed by atoms with E-state index in [4.69, 9.17) is 9.15 Å². The smallest absolute Gasteiger partial charge is 0.166 e. The molecule has 0 radical (unpaired) electrons. The van der Waals surface area contributed by atoms with Crippen molar-refractivity contribution in [2.45, 2.75) is 20.0 Å². The molecule has 0 bridgehead atoms. The lowest BCUT2D eigenvalue weighted by molar-refractivity contribution is 0.232. The van der Waals surface area contributed by atoms with Gasteiger partial charge in [0.2, 0.25) is 0 Å². The summed E-state index contributed by atoms with van der Waals surface area (Å²) < 4.78 is 24.4. The van der Waals surface area contributed by atoms with Crippen molar-refractivity contribution in [2.24, 2.45) is 0 Å². The average Bonchev–Trinajstić information content (AvgIpc) is 2.73. The van der Waals surface area contributed by atoms with Crippen LogP contribution >= 0.6 is 0 Å². The Labute approximate surface area is 93.7 Å². The van der Waals surface area contributed by atoms with E-state index < -0.39 is 0 Å². The van der Waals surface area contributed by atoms with Gasteiger partial charge in [0.15, 0.2) is 11.6 Å². The first-order valence-corrected chi connectivity index (χ1v) is 5.17. The minimum atomic E-state index is -0.373. The molecule has 2 nitrogen and oxygen atoms in total. The number of hydrogen-bond donors (Lipinski definition) is 0. The molecule has 0 aliphatic rings. The molecule has 0 aliphatic heterocycles. The van der Waals surface area contributed by atoms with Crippen molar-refractivity contribution in [1.29, 1.82) is 0 Å². The van der Waals surface area contributed by atoms with Crippen molar-refractivity contribution in [3.63, 3.8) is 0 Å². The summed E-state index contributed by atoms with van der Waals surface area (Å²) in [5.41, 5.74) is 0.638. The van der Waals surface area contributed by atoms with Crippen molar-refractivity contribution in [3.8, 4) is 17.1 Å². The van der Waals surface area contributed by atoms with Gasteiger partial charge in [0, 0.05) is 0 Å². The Morgan fingerprint density at radius 1 is 1.19 bits per heavy atom. The Kier molecular flexibility index (Phi) is 2.95. The fourth-order valence-corrected chi connectivity index (χ4v) is 1.49. The van der Waals surface area contributed by atoms with E-state index in [0.29, 0.717) is 11.3 Å². The maximum Gasteiger partial charge on any atom is 0.166 e. The van der Waals surface area contributed by atoms with Gasteiger partial charge in [-0.05, 0) is 38.1 Å². The fraction of sp³-hybridized carbons (Fsp3) is 0.231. The second kappa shape index (κ2) is 4.39. The predicted octanol–water partition coefficient (Wildman–Crippen LogP) is 3.87. The van der Waals surface area contributed by atoms with E-state index in [2.05, 4.69) is 0 Å². The third kappa shape index (κ3) is 2.08. The maximum atomic E-state index is 13.6. The summed E-state index contributed by atoms with van der Waals surface area (Å²) in [4.78, 5) is 0. The summed E-state index contributed by atoms with van der Waals surface area (Å²) in [6.07, 6.45) is 1.48. The molecule has 3 heteroatoms. The molecule has 0 saturated heterocycles. The molecule has 0 aliphatic carbocycles. The molecule has 0 saturated carbocycles. The van der Waals surface area contributed by atoms with E-state index in [1.807, 2.05) is 13.8 Å². The van der Waals surface area contributed by atoms with Crippen LogP contribution in [0.15, 0.2) is 41.0 Å². The standard InChI is InChI=1S/C13H13FO2/c1-9(2)16-13-10(5-3-6-11(13)14)12-7-4-8-15-12/h3-9H,1-2H3. The van der Waals surface area contributed by atoms with Crippen molar-refractivity contribution >= 4 is 0 Å². The highest BCUT2D eigenvalue weighted by molar-refractivity contribution is 5.66. The number of hydrogen-bond acceptors (Lipinski definition) is 2. The van der Waals surface area contributed by atoms with Gasteiger partial charge >= 0.3 is 0 Å². The highest BCUT2D eigenvalue weighted by Gasteiger charge is 2.14. The number of furan rings is 1. The Bertz CT molecular complexity index is 461. The summed E-state index contributed by atoms with van der Waals surface area (Å²) in [6.45, 7) is 3.72. The lowest BCUT2D eigenvalue weighted by Crippen LogP contribution is -2.07. The van der Waals surface area contributed by atoms with E-state index in [9.17, 15) is 4.39 Å². The van der Waals surface area contributed by atoms with Gasteiger partial charge in [-0.1, -0.05) is 6.07 Å². The molecule has 0 fully saturated rings. The van der Waals surface area contributed by atoms with Gasteiger partial charge in [0.05, 0.1) is 17.9 Å². The molecule has 2 aromatic rings. The Morgan fingerprint density at radius 3 is 2.62 bits per heavy atom. The van der Waals surface area contributed by atoms with Crippen LogP contribution in [0.4, 0.5) is 4.39 Å². The zero-order valence-corrected chi connectivity index (χ0v) is 9.24. The van der Waals surface area contributed by atoms with Gasteiger partial charge < -0.3 is 9.15 Å². The number of para-hydroxylation sites is 1. The van der Waals surface area contributed by atoms with E-state index in [1.165, 1.54) is 6.07 Å². The van der Waals surface area contributed by atoms with Crippen LogP contribution in [0.5, 0.6) is 5.75 Å². The van der Waals surface area contributed by atoms with Crippen molar-refractivity contribution in [3.05, 3.63) is 42.4 Å². The SMILES string of the molecule is CC(C)Oc1c(F)cccc1-c1ccco1. The molecule has 0 spiro atoms. The monoisotopic (exact) mass is 220 g/mol. The zero-order chi connectivity index (χ0) is 11.5. The molecule has 1 heterocycles. The topological polar surface area (TPSA) is 22.4 Å². The summed E-state index contributed by atoms with van der Waals surface area (Å²) in [6, 6.07) is 8.34. The summed E-state index contributed by atoms with van der Waals surface area (Å²) >= 11 is 0. The average molecular weight is 220 g/mol. The Hall–Kier alpha value is -1.77. The number of halogens is 1. The molecule has 1 aromatic heterocycles. The van der Waals surface area contributed by atoms with Crippen LogP contribution in [0.3, 0.4) is 0 Å². The summed E-state index contributed by atoms with van der Waals surface area (Å²) in [5.74, 6) is 0.477. The molecule has 0 unspecified atom stereocenters. The van der Waals surface area contributed by atoms with Gasteiger partial charge in [0.1, 0.15) is 5.76 Å². The highest BCUT2D eigenvalue weighted by atomic mass is 19.1. The van der Waals surface area contributed by atoms with Crippen LogP contribution in [0.2, 0.25) is 0 Å². The van der Waals surface area contributed by atoms with Crippen LogP contribution < -0.4 is 4.74 Å². The minimum Gasteiger partial charge on any atom is -0.487 e.